The van der Waals surface area contributed by atoms with Crippen LogP contribution in [0.3, 0.4) is 0 Å². The summed E-state index contributed by atoms with van der Waals surface area (Å²) in [5, 5.41) is 12.5. The third-order valence-corrected chi connectivity index (χ3v) is 5.59. The summed E-state index contributed by atoms with van der Waals surface area (Å²) in [6.45, 7) is 0.175. The number of imidazole rings is 1. The minimum absolute atomic E-state index is 0.175. The number of carbonyl (C=O) groups is 1. The highest BCUT2D eigenvalue weighted by Gasteiger charge is 2.49. The lowest BCUT2D eigenvalue weighted by atomic mass is 9.93. The summed E-state index contributed by atoms with van der Waals surface area (Å²) in [5.74, 6) is -0.244. The van der Waals surface area contributed by atoms with Gasteiger partial charge in [-0.2, -0.15) is 0 Å². The van der Waals surface area contributed by atoms with Gasteiger partial charge in [0.1, 0.15) is 0 Å². The van der Waals surface area contributed by atoms with Crippen LogP contribution in [-0.4, -0.2) is 25.9 Å². The molecule has 2 N–H and O–H groups in total. The average Bonchev–Trinajstić information content (AvgIpc) is 3.27. The molecule has 0 saturated carbocycles. The summed E-state index contributed by atoms with van der Waals surface area (Å²) < 4.78 is 0. The number of halogens is 1. The van der Waals surface area contributed by atoms with Gasteiger partial charge in [-0.15, -0.1) is 0 Å². The van der Waals surface area contributed by atoms with E-state index < -0.39 is 5.72 Å². The number of hydrogen-bond acceptors (Lipinski definition) is 3. The van der Waals surface area contributed by atoms with Crippen molar-refractivity contribution in [2.45, 2.75) is 12.3 Å². The molecule has 0 aliphatic carbocycles. The molecule has 1 aliphatic rings. The number of nitrogens with zero attached hydrogens (tertiary/aromatic N) is 2. The highest BCUT2D eigenvalue weighted by atomic mass is 35.5. The first-order chi connectivity index (χ1) is 13.6. The van der Waals surface area contributed by atoms with Crippen LogP contribution in [0.5, 0.6) is 0 Å². The van der Waals surface area contributed by atoms with E-state index in [1.807, 2.05) is 30.3 Å². The standard InChI is InChI=1S/C22H15ClN3O2/c23-18-8-4-1-5-14(18)12-26-21(27)16-6-2-3-7-17(16)22(26,28)15-9-10-19-20(11-15)25-13-24-19/h1-11,28H,12H2,(H,24,25). The number of hydrogen-bond donors (Lipinski definition) is 2. The molecule has 1 aromatic heterocycles. The number of amides is 1. The van der Waals surface area contributed by atoms with Crippen LogP contribution >= 0.6 is 11.6 Å². The third-order valence-electron chi connectivity index (χ3n) is 5.22. The topological polar surface area (TPSA) is 69.2 Å². The maximum atomic E-state index is 13.2. The molecule has 4 aromatic rings. The molecule has 1 unspecified atom stereocenters. The Morgan fingerprint density at radius 1 is 1.11 bits per heavy atom. The lowest BCUT2D eigenvalue weighted by Crippen LogP contribution is -2.44. The molecule has 0 bridgehead atoms. The van der Waals surface area contributed by atoms with Crippen LogP contribution in [0.15, 0.2) is 66.7 Å². The normalized spacial score (nSPS) is 18.6. The second kappa shape index (κ2) is 6.19. The Morgan fingerprint density at radius 3 is 2.75 bits per heavy atom. The Bertz CT molecular complexity index is 1220. The van der Waals surface area contributed by atoms with E-state index in [1.165, 1.54) is 4.90 Å². The van der Waals surface area contributed by atoms with Gasteiger partial charge >= 0.3 is 0 Å². The fraction of sp³-hybridized carbons (Fsp3) is 0.0909. The maximum absolute atomic E-state index is 13.2. The predicted octanol–water partition coefficient (Wildman–Crippen LogP) is 3.87. The molecular formula is C22H15ClN3O2. The Kier molecular flexibility index (Phi) is 3.75. The summed E-state index contributed by atoms with van der Waals surface area (Å²) in [4.78, 5) is 21.7. The molecule has 1 aliphatic heterocycles. The number of aromatic nitrogens is 2. The maximum Gasteiger partial charge on any atom is 0.257 e. The lowest BCUT2D eigenvalue weighted by molar-refractivity contribution is -0.0542. The first kappa shape index (κ1) is 17.0. The number of H-pyrrole nitrogens is 1. The fourth-order valence-corrected chi connectivity index (χ4v) is 4.00. The summed E-state index contributed by atoms with van der Waals surface area (Å²) in [7, 11) is 0. The van der Waals surface area contributed by atoms with Crippen LogP contribution in [0.1, 0.15) is 27.0 Å². The van der Waals surface area contributed by atoms with Gasteiger partial charge in [0.05, 0.1) is 17.6 Å². The number of aliphatic hydroxyl groups is 1. The number of fused-ring (bicyclic) bond motifs is 2. The van der Waals surface area contributed by atoms with Crippen molar-refractivity contribution in [1.29, 1.82) is 0 Å². The molecule has 137 valence electrons. The summed E-state index contributed by atoms with van der Waals surface area (Å²) in [5.41, 5.74) is 2.20. The van der Waals surface area contributed by atoms with Crippen LogP contribution in [0.25, 0.3) is 11.0 Å². The summed E-state index contributed by atoms with van der Waals surface area (Å²) in [6, 6.07) is 19.8. The number of benzene rings is 3. The largest absolute Gasteiger partial charge is 0.363 e. The molecule has 0 spiro atoms. The molecule has 0 fully saturated rings. The van der Waals surface area contributed by atoms with E-state index in [2.05, 4.69) is 16.3 Å². The van der Waals surface area contributed by atoms with E-state index in [4.69, 9.17) is 11.6 Å². The van der Waals surface area contributed by atoms with E-state index in [1.54, 1.807) is 36.4 Å². The second-order valence-electron chi connectivity index (χ2n) is 6.78. The van der Waals surface area contributed by atoms with Gasteiger partial charge in [0.2, 0.25) is 0 Å². The fourth-order valence-electron chi connectivity index (χ4n) is 3.80. The van der Waals surface area contributed by atoms with Crippen molar-refractivity contribution in [2.75, 3.05) is 0 Å². The van der Waals surface area contributed by atoms with Gasteiger partial charge in [0, 0.05) is 21.7 Å². The van der Waals surface area contributed by atoms with Crippen LogP contribution in [-0.2, 0) is 12.3 Å². The SMILES string of the molecule is O=C1c2ccccc2C(O)(c2ccc3[nH][c]nc3c2)N1Cc1ccccc1Cl. The van der Waals surface area contributed by atoms with Crippen molar-refractivity contribution >= 4 is 28.5 Å². The van der Waals surface area contributed by atoms with Crippen molar-refractivity contribution in [1.82, 2.24) is 14.9 Å². The van der Waals surface area contributed by atoms with Gasteiger partial charge in [0.25, 0.3) is 5.91 Å². The van der Waals surface area contributed by atoms with E-state index >= 15 is 0 Å². The van der Waals surface area contributed by atoms with E-state index in [0.717, 1.165) is 11.1 Å². The average molecular weight is 389 g/mol. The molecule has 1 radical (unpaired) electrons. The van der Waals surface area contributed by atoms with Crippen molar-refractivity contribution in [3.8, 4) is 0 Å². The molecule has 1 amide bonds. The highest BCUT2D eigenvalue weighted by molar-refractivity contribution is 6.31. The molecule has 5 nitrogen and oxygen atoms in total. The minimum atomic E-state index is -1.63. The molecule has 0 saturated heterocycles. The molecule has 6 heteroatoms. The minimum Gasteiger partial charge on any atom is -0.363 e. The second-order valence-corrected chi connectivity index (χ2v) is 7.19. The Hall–Kier alpha value is -3.15. The van der Waals surface area contributed by atoms with E-state index in [0.29, 0.717) is 27.2 Å². The summed E-state index contributed by atoms with van der Waals surface area (Å²) in [6.07, 6.45) is 2.70. The van der Waals surface area contributed by atoms with Gasteiger partial charge in [-0.3, -0.25) is 9.69 Å². The van der Waals surface area contributed by atoms with Gasteiger partial charge in [-0.1, -0.05) is 54.1 Å². The van der Waals surface area contributed by atoms with Crippen molar-refractivity contribution in [3.63, 3.8) is 0 Å². The molecule has 3 aromatic carbocycles. The molecule has 28 heavy (non-hydrogen) atoms. The predicted molar refractivity (Wildman–Crippen MR) is 106 cm³/mol. The monoisotopic (exact) mass is 388 g/mol. The van der Waals surface area contributed by atoms with Crippen molar-refractivity contribution < 1.29 is 9.90 Å². The molecule has 1 atom stereocenters. The van der Waals surface area contributed by atoms with Gasteiger partial charge in [-0.05, 0) is 29.8 Å². The third kappa shape index (κ3) is 2.37. The molecular weight excluding hydrogens is 374 g/mol. The number of nitrogens with one attached hydrogen (secondary N) is 1. The molecule has 2 heterocycles. The zero-order valence-corrected chi connectivity index (χ0v) is 15.4. The van der Waals surface area contributed by atoms with Crippen LogP contribution < -0.4 is 0 Å². The number of carbonyl (C=O) groups excluding carboxylic acids is 1. The van der Waals surface area contributed by atoms with Crippen LogP contribution in [0, 0.1) is 6.33 Å². The molecule has 5 rings (SSSR count). The van der Waals surface area contributed by atoms with Gasteiger partial charge in [0.15, 0.2) is 12.1 Å². The number of rotatable bonds is 3. The van der Waals surface area contributed by atoms with Crippen LogP contribution in [0.4, 0.5) is 0 Å². The highest BCUT2D eigenvalue weighted by Crippen LogP contribution is 2.43. The zero-order chi connectivity index (χ0) is 19.3. The Labute approximate surface area is 166 Å². The number of aromatic amines is 1. The van der Waals surface area contributed by atoms with E-state index in [-0.39, 0.29) is 12.5 Å². The smallest absolute Gasteiger partial charge is 0.257 e. The Morgan fingerprint density at radius 2 is 1.89 bits per heavy atom. The van der Waals surface area contributed by atoms with Gasteiger partial charge in [-0.25, -0.2) is 4.98 Å². The van der Waals surface area contributed by atoms with Crippen molar-refractivity contribution in [2.24, 2.45) is 0 Å². The Balaban J connectivity index is 1.70. The summed E-state index contributed by atoms with van der Waals surface area (Å²) >= 11 is 6.33. The lowest BCUT2D eigenvalue weighted by Gasteiger charge is -2.35. The van der Waals surface area contributed by atoms with Crippen molar-refractivity contribution in [3.05, 3.63) is 100 Å². The van der Waals surface area contributed by atoms with Gasteiger partial charge < -0.3 is 10.1 Å². The van der Waals surface area contributed by atoms with Crippen LogP contribution in [0.2, 0.25) is 5.02 Å². The quantitative estimate of drug-likeness (QED) is 0.560. The van der Waals surface area contributed by atoms with E-state index in [9.17, 15) is 9.90 Å². The first-order valence-electron chi connectivity index (χ1n) is 8.82. The zero-order valence-electron chi connectivity index (χ0n) is 14.7. The first-order valence-corrected chi connectivity index (χ1v) is 9.20.